The van der Waals surface area contributed by atoms with Gasteiger partial charge in [0.15, 0.2) is 0 Å². The van der Waals surface area contributed by atoms with Crippen LogP contribution in [0.25, 0.3) is 0 Å². The summed E-state index contributed by atoms with van der Waals surface area (Å²) < 4.78 is 5.47. The maximum absolute atomic E-state index is 12.2. The molecule has 1 aliphatic carbocycles. The zero-order valence-electron chi connectivity index (χ0n) is 13.0. The van der Waals surface area contributed by atoms with E-state index < -0.39 is 0 Å². The molecule has 1 aromatic heterocycles. The fourth-order valence-corrected chi connectivity index (χ4v) is 2.76. The van der Waals surface area contributed by atoms with Crippen LogP contribution in [0.15, 0.2) is 18.3 Å². The summed E-state index contributed by atoms with van der Waals surface area (Å²) in [6.45, 7) is 2.94. The van der Waals surface area contributed by atoms with E-state index in [9.17, 15) is 4.79 Å². The number of nitrogens with zero attached hydrogens (tertiary/aromatic N) is 2. The summed E-state index contributed by atoms with van der Waals surface area (Å²) in [5.74, 6) is 0.598. The molecule has 0 aromatic carbocycles. The normalized spacial score (nSPS) is 15.5. The number of nitrogens with one attached hydrogen (secondary N) is 1. The highest BCUT2D eigenvalue weighted by Gasteiger charge is 2.21. The third kappa shape index (κ3) is 4.34. The lowest BCUT2D eigenvalue weighted by Gasteiger charge is -2.31. The van der Waals surface area contributed by atoms with Crippen molar-refractivity contribution in [3.05, 3.63) is 23.9 Å². The monoisotopic (exact) mass is 291 g/mol. The van der Waals surface area contributed by atoms with Crippen molar-refractivity contribution in [2.75, 3.05) is 13.7 Å². The summed E-state index contributed by atoms with van der Waals surface area (Å²) in [7, 11) is 1.89. The van der Waals surface area contributed by atoms with E-state index in [-0.39, 0.29) is 6.03 Å². The largest absolute Gasteiger partial charge is 0.478 e. The van der Waals surface area contributed by atoms with Gasteiger partial charge in [0, 0.05) is 31.4 Å². The van der Waals surface area contributed by atoms with E-state index in [2.05, 4.69) is 10.3 Å². The molecule has 0 aliphatic heterocycles. The number of ether oxygens (including phenoxy) is 1. The van der Waals surface area contributed by atoms with E-state index in [1.165, 1.54) is 19.3 Å². The van der Waals surface area contributed by atoms with Gasteiger partial charge in [0.1, 0.15) is 0 Å². The van der Waals surface area contributed by atoms with Gasteiger partial charge >= 0.3 is 6.03 Å². The Bertz CT molecular complexity index is 459. The Kier molecular flexibility index (Phi) is 5.84. The van der Waals surface area contributed by atoms with Crippen molar-refractivity contribution < 1.29 is 9.53 Å². The van der Waals surface area contributed by atoms with Gasteiger partial charge in [-0.15, -0.1) is 0 Å². The fraction of sp³-hybridized carbons (Fsp3) is 0.625. The molecule has 1 aromatic rings. The van der Waals surface area contributed by atoms with Crippen LogP contribution in [0.2, 0.25) is 0 Å². The lowest BCUT2D eigenvalue weighted by Crippen LogP contribution is -2.44. The number of hydrogen-bond donors (Lipinski definition) is 1. The smallest absolute Gasteiger partial charge is 0.317 e. The summed E-state index contributed by atoms with van der Waals surface area (Å²) >= 11 is 0. The number of pyridine rings is 1. The molecule has 5 heteroatoms. The van der Waals surface area contributed by atoms with E-state index >= 15 is 0 Å². The van der Waals surface area contributed by atoms with Crippen LogP contribution in [-0.4, -0.2) is 35.6 Å². The maximum atomic E-state index is 12.2. The molecule has 1 aliphatic rings. The minimum atomic E-state index is -0.0202. The summed E-state index contributed by atoms with van der Waals surface area (Å²) in [5.41, 5.74) is 0.907. The molecule has 0 unspecified atom stereocenters. The van der Waals surface area contributed by atoms with Crippen molar-refractivity contribution >= 4 is 6.03 Å². The molecule has 5 nitrogen and oxygen atoms in total. The van der Waals surface area contributed by atoms with Crippen LogP contribution in [0.3, 0.4) is 0 Å². The lowest BCUT2D eigenvalue weighted by molar-refractivity contribution is 0.173. The van der Waals surface area contributed by atoms with Crippen molar-refractivity contribution in [2.45, 2.75) is 51.6 Å². The molecule has 2 rings (SSSR count). The minimum Gasteiger partial charge on any atom is -0.478 e. The molecule has 1 saturated carbocycles. The molecular formula is C16H25N3O2. The number of carbonyl (C=O) groups excluding carboxylic acids is 1. The second-order valence-electron chi connectivity index (χ2n) is 5.46. The second kappa shape index (κ2) is 7.86. The Labute approximate surface area is 126 Å². The Morgan fingerprint density at radius 2 is 2.19 bits per heavy atom. The third-order valence-corrected chi connectivity index (χ3v) is 4.00. The van der Waals surface area contributed by atoms with E-state index in [1.807, 2.05) is 31.0 Å². The van der Waals surface area contributed by atoms with E-state index in [0.717, 1.165) is 18.4 Å². The molecule has 1 N–H and O–H groups in total. The molecule has 1 fully saturated rings. The topological polar surface area (TPSA) is 54.5 Å². The van der Waals surface area contributed by atoms with Gasteiger partial charge in [-0.1, -0.05) is 25.3 Å². The molecule has 116 valence electrons. The molecular weight excluding hydrogens is 266 g/mol. The third-order valence-electron chi connectivity index (χ3n) is 4.00. The molecule has 0 bridgehead atoms. The van der Waals surface area contributed by atoms with Crippen LogP contribution < -0.4 is 10.1 Å². The molecule has 0 spiro atoms. The van der Waals surface area contributed by atoms with Gasteiger partial charge in [-0.3, -0.25) is 0 Å². The predicted molar refractivity (Wildman–Crippen MR) is 82.3 cm³/mol. The van der Waals surface area contributed by atoms with Crippen molar-refractivity contribution in [2.24, 2.45) is 0 Å². The molecule has 0 atom stereocenters. The second-order valence-corrected chi connectivity index (χ2v) is 5.46. The SMILES string of the molecule is CCOc1ncccc1CNC(=O)N(C)C1CCCCC1. The van der Waals surface area contributed by atoms with Gasteiger partial charge in [0.2, 0.25) is 5.88 Å². The van der Waals surface area contributed by atoms with E-state index in [4.69, 9.17) is 4.74 Å². The summed E-state index contributed by atoms with van der Waals surface area (Å²) in [4.78, 5) is 18.3. The van der Waals surface area contributed by atoms with Gasteiger partial charge in [-0.05, 0) is 25.8 Å². The van der Waals surface area contributed by atoms with Gasteiger partial charge in [-0.2, -0.15) is 0 Å². The number of urea groups is 1. The fourth-order valence-electron chi connectivity index (χ4n) is 2.76. The minimum absolute atomic E-state index is 0.0202. The quantitative estimate of drug-likeness (QED) is 0.907. The zero-order chi connectivity index (χ0) is 15.1. The molecule has 1 heterocycles. The van der Waals surface area contributed by atoms with Crippen molar-refractivity contribution in [1.82, 2.24) is 15.2 Å². The van der Waals surface area contributed by atoms with Crippen LogP contribution >= 0.6 is 0 Å². The first-order chi connectivity index (χ1) is 10.2. The molecule has 21 heavy (non-hydrogen) atoms. The molecule has 2 amide bonds. The Morgan fingerprint density at radius 1 is 1.43 bits per heavy atom. The van der Waals surface area contributed by atoms with Crippen molar-refractivity contribution in [3.8, 4) is 5.88 Å². The standard InChI is InChI=1S/C16H25N3O2/c1-3-21-15-13(8-7-11-17-15)12-18-16(20)19(2)14-9-5-4-6-10-14/h7-8,11,14H,3-6,9-10,12H2,1-2H3,(H,18,20). The van der Waals surface area contributed by atoms with E-state index in [0.29, 0.717) is 25.1 Å². The van der Waals surface area contributed by atoms with Crippen molar-refractivity contribution in [3.63, 3.8) is 0 Å². The van der Waals surface area contributed by atoms with Crippen molar-refractivity contribution in [1.29, 1.82) is 0 Å². The molecule has 0 radical (unpaired) electrons. The number of rotatable bonds is 5. The first-order valence-corrected chi connectivity index (χ1v) is 7.79. The predicted octanol–water partition coefficient (Wildman–Crippen LogP) is 2.95. The zero-order valence-corrected chi connectivity index (χ0v) is 13.0. The van der Waals surface area contributed by atoms with Crippen LogP contribution in [0.5, 0.6) is 5.88 Å². The highest BCUT2D eigenvalue weighted by molar-refractivity contribution is 5.74. The highest BCUT2D eigenvalue weighted by Crippen LogP contribution is 2.21. The number of amides is 2. The summed E-state index contributed by atoms with van der Waals surface area (Å²) in [6, 6.07) is 4.14. The van der Waals surface area contributed by atoms with Crippen LogP contribution in [0.1, 0.15) is 44.6 Å². The maximum Gasteiger partial charge on any atom is 0.317 e. The Morgan fingerprint density at radius 3 is 2.90 bits per heavy atom. The Hall–Kier alpha value is -1.78. The summed E-state index contributed by atoms with van der Waals surface area (Å²) in [5, 5.41) is 2.96. The average molecular weight is 291 g/mol. The van der Waals surface area contributed by atoms with Crippen LogP contribution in [0, 0.1) is 0 Å². The van der Waals surface area contributed by atoms with Gasteiger partial charge in [0.05, 0.1) is 6.61 Å². The number of hydrogen-bond acceptors (Lipinski definition) is 3. The molecule has 0 saturated heterocycles. The highest BCUT2D eigenvalue weighted by atomic mass is 16.5. The average Bonchev–Trinajstić information content (AvgIpc) is 2.54. The number of carbonyl (C=O) groups is 1. The van der Waals surface area contributed by atoms with E-state index in [1.54, 1.807) is 6.20 Å². The van der Waals surface area contributed by atoms with Crippen LogP contribution in [-0.2, 0) is 6.54 Å². The van der Waals surface area contributed by atoms with Crippen LogP contribution in [0.4, 0.5) is 4.79 Å². The first kappa shape index (κ1) is 15.6. The first-order valence-electron chi connectivity index (χ1n) is 7.79. The number of aromatic nitrogens is 1. The van der Waals surface area contributed by atoms with Gasteiger partial charge in [0.25, 0.3) is 0 Å². The Balaban J connectivity index is 1.88. The summed E-state index contributed by atoms with van der Waals surface area (Å²) in [6.07, 6.45) is 7.66. The van der Waals surface area contributed by atoms with Gasteiger partial charge < -0.3 is 15.0 Å². The van der Waals surface area contributed by atoms with Gasteiger partial charge in [-0.25, -0.2) is 9.78 Å². The lowest BCUT2D eigenvalue weighted by atomic mass is 9.95.